The summed E-state index contributed by atoms with van der Waals surface area (Å²) in [5, 5.41) is 2.24. The number of carbonyl (C=O) groups is 3. The Labute approximate surface area is 213 Å². The van der Waals surface area contributed by atoms with E-state index in [9.17, 15) is 18.8 Å². The van der Waals surface area contributed by atoms with Crippen molar-refractivity contribution in [2.24, 2.45) is 0 Å². The van der Waals surface area contributed by atoms with Gasteiger partial charge in [0.05, 0.1) is 4.91 Å². The Balaban J connectivity index is 1.33. The number of benzene rings is 3. The molecule has 4 rings (SSSR count). The molecule has 3 aromatic rings. The number of ether oxygens (including phenoxy) is 1. The average molecular weight is 505 g/mol. The number of imide groups is 1. The summed E-state index contributed by atoms with van der Waals surface area (Å²) < 4.78 is 18.7. The van der Waals surface area contributed by atoms with Crippen LogP contribution >= 0.6 is 11.8 Å². The number of halogens is 1. The van der Waals surface area contributed by atoms with E-state index in [0.717, 1.165) is 27.8 Å². The zero-order valence-corrected chi connectivity index (χ0v) is 20.7. The second-order valence-electron chi connectivity index (χ2n) is 8.58. The van der Waals surface area contributed by atoms with E-state index in [2.05, 4.69) is 19.2 Å². The van der Waals surface area contributed by atoms with Gasteiger partial charge in [-0.2, -0.15) is 0 Å². The van der Waals surface area contributed by atoms with Crippen LogP contribution in [-0.2, 0) is 16.2 Å². The van der Waals surface area contributed by atoms with Crippen LogP contribution in [-0.4, -0.2) is 28.5 Å². The molecule has 0 saturated carbocycles. The predicted molar refractivity (Wildman–Crippen MR) is 139 cm³/mol. The first-order valence-electron chi connectivity index (χ1n) is 11.4. The number of hydrogen-bond donors (Lipinski definition) is 1. The van der Waals surface area contributed by atoms with Gasteiger partial charge in [0.1, 0.15) is 24.7 Å². The van der Waals surface area contributed by atoms with Gasteiger partial charge < -0.3 is 10.1 Å². The molecule has 8 heteroatoms. The fourth-order valence-electron chi connectivity index (χ4n) is 3.49. The number of nitrogens with zero attached hydrogens (tertiary/aromatic N) is 1. The number of nitrogens with one attached hydrogen (secondary N) is 1. The molecule has 0 spiro atoms. The lowest BCUT2D eigenvalue weighted by Crippen LogP contribution is -2.36. The largest absolute Gasteiger partial charge is 0.489 e. The fourth-order valence-corrected chi connectivity index (χ4v) is 4.33. The van der Waals surface area contributed by atoms with Crippen LogP contribution in [0.5, 0.6) is 5.75 Å². The third-order valence-corrected chi connectivity index (χ3v) is 6.44. The number of carbonyl (C=O) groups excluding carboxylic acids is 3. The molecule has 1 saturated heterocycles. The molecule has 1 aliphatic rings. The second kappa shape index (κ2) is 11.2. The van der Waals surface area contributed by atoms with Gasteiger partial charge in [-0.3, -0.25) is 19.3 Å². The minimum absolute atomic E-state index is 0.245. The molecular formula is C28H25FN2O4S. The molecular weight excluding hydrogens is 479 g/mol. The van der Waals surface area contributed by atoms with Gasteiger partial charge in [-0.15, -0.1) is 0 Å². The molecule has 0 bridgehead atoms. The van der Waals surface area contributed by atoms with Gasteiger partial charge >= 0.3 is 0 Å². The summed E-state index contributed by atoms with van der Waals surface area (Å²) in [5.74, 6) is -0.264. The highest BCUT2D eigenvalue weighted by Gasteiger charge is 2.36. The summed E-state index contributed by atoms with van der Waals surface area (Å²) in [6.07, 6.45) is 1.61. The van der Waals surface area contributed by atoms with E-state index in [0.29, 0.717) is 29.5 Å². The quantitative estimate of drug-likeness (QED) is 0.370. The summed E-state index contributed by atoms with van der Waals surface area (Å²) >= 11 is 0.800. The highest BCUT2D eigenvalue weighted by molar-refractivity contribution is 8.18. The summed E-state index contributed by atoms with van der Waals surface area (Å²) in [7, 11) is 0. The van der Waals surface area contributed by atoms with Crippen LogP contribution in [0.3, 0.4) is 0 Å². The van der Waals surface area contributed by atoms with E-state index >= 15 is 0 Å². The van der Waals surface area contributed by atoms with E-state index in [1.54, 1.807) is 54.6 Å². The predicted octanol–water partition coefficient (Wildman–Crippen LogP) is 6.20. The van der Waals surface area contributed by atoms with Gasteiger partial charge in [0.25, 0.3) is 11.1 Å². The van der Waals surface area contributed by atoms with Gasteiger partial charge in [0, 0.05) is 5.69 Å². The SMILES string of the molecule is CC(C)c1ccc(NC(=O)CN2C(=O)S/C(=C\c3ccc(OCc4ccc(F)cc4)cc3)C2=O)cc1. The maximum Gasteiger partial charge on any atom is 0.294 e. The van der Waals surface area contributed by atoms with E-state index in [1.165, 1.54) is 12.1 Å². The van der Waals surface area contributed by atoms with Gasteiger partial charge in [0.15, 0.2) is 0 Å². The van der Waals surface area contributed by atoms with Crippen molar-refractivity contribution in [2.75, 3.05) is 11.9 Å². The Morgan fingerprint density at radius 1 is 1.00 bits per heavy atom. The number of hydrogen-bond acceptors (Lipinski definition) is 5. The molecule has 0 aliphatic carbocycles. The highest BCUT2D eigenvalue weighted by Crippen LogP contribution is 2.32. The van der Waals surface area contributed by atoms with E-state index in [-0.39, 0.29) is 17.3 Å². The minimum atomic E-state index is -0.507. The van der Waals surface area contributed by atoms with Crippen molar-refractivity contribution in [1.82, 2.24) is 4.90 Å². The molecule has 0 radical (unpaired) electrons. The first-order chi connectivity index (χ1) is 17.3. The van der Waals surface area contributed by atoms with Crippen molar-refractivity contribution in [3.63, 3.8) is 0 Å². The summed E-state index contributed by atoms with van der Waals surface area (Å²) in [6.45, 7) is 4.10. The molecule has 1 fully saturated rings. The van der Waals surface area contributed by atoms with Crippen molar-refractivity contribution in [3.8, 4) is 5.75 Å². The van der Waals surface area contributed by atoms with Crippen LogP contribution in [0.1, 0.15) is 36.5 Å². The van der Waals surface area contributed by atoms with Crippen molar-refractivity contribution in [2.45, 2.75) is 26.4 Å². The van der Waals surface area contributed by atoms with Crippen molar-refractivity contribution >= 4 is 40.6 Å². The Kier molecular flexibility index (Phi) is 7.85. The van der Waals surface area contributed by atoms with Crippen LogP contribution in [0.15, 0.2) is 77.7 Å². The molecule has 1 N–H and O–H groups in total. The van der Waals surface area contributed by atoms with Gasteiger partial charge in [-0.1, -0.05) is 50.2 Å². The molecule has 6 nitrogen and oxygen atoms in total. The zero-order valence-electron chi connectivity index (χ0n) is 19.9. The topological polar surface area (TPSA) is 75.7 Å². The molecule has 36 heavy (non-hydrogen) atoms. The molecule has 3 amide bonds. The normalized spacial score (nSPS) is 14.6. The molecule has 0 unspecified atom stereocenters. The first-order valence-corrected chi connectivity index (χ1v) is 12.2. The number of rotatable bonds is 8. The number of amides is 3. The van der Waals surface area contributed by atoms with Crippen LogP contribution in [0.4, 0.5) is 14.9 Å². The number of anilines is 1. The van der Waals surface area contributed by atoms with E-state index in [4.69, 9.17) is 4.74 Å². The van der Waals surface area contributed by atoms with Gasteiger partial charge in [0.2, 0.25) is 5.91 Å². The summed E-state index contributed by atoms with van der Waals surface area (Å²) in [6, 6.07) is 20.6. The molecule has 1 heterocycles. The first kappa shape index (κ1) is 25.2. The maximum absolute atomic E-state index is 13.0. The lowest BCUT2D eigenvalue weighted by Gasteiger charge is -2.13. The lowest BCUT2D eigenvalue weighted by atomic mass is 10.0. The Hall–Kier alpha value is -3.91. The van der Waals surface area contributed by atoms with Crippen LogP contribution in [0.25, 0.3) is 6.08 Å². The Morgan fingerprint density at radius 2 is 1.67 bits per heavy atom. The van der Waals surface area contributed by atoms with E-state index < -0.39 is 17.1 Å². The Bertz CT molecular complexity index is 1290. The molecule has 1 aliphatic heterocycles. The minimum Gasteiger partial charge on any atom is -0.489 e. The molecule has 0 aromatic heterocycles. The smallest absolute Gasteiger partial charge is 0.294 e. The molecule has 3 aromatic carbocycles. The number of thioether (sulfide) groups is 1. The van der Waals surface area contributed by atoms with Crippen LogP contribution in [0, 0.1) is 5.82 Å². The van der Waals surface area contributed by atoms with E-state index in [1.807, 2.05) is 12.1 Å². The van der Waals surface area contributed by atoms with Crippen molar-refractivity contribution < 1.29 is 23.5 Å². The average Bonchev–Trinajstić information content (AvgIpc) is 3.12. The fraction of sp³-hybridized carbons (Fsp3) is 0.179. The standard InChI is InChI=1S/C28H25FN2O4S/c1-18(2)21-7-11-23(12-8-21)30-26(32)16-31-27(33)25(36-28(31)34)15-19-5-13-24(14-6-19)35-17-20-3-9-22(29)10-4-20/h3-15,18H,16-17H2,1-2H3,(H,30,32)/b25-15-. The third-order valence-electron chi connectivity index (χ3n) is 5.53. The lowest BCUT2D eigenvalue weighted by molar-refractivity contribution is -0.127. The highest BCUT2D eigenvalue weighted by atomic mass is 32.2. The van der Waals surface area contributed by atoms with Crippen LogP contribution in [0.2, 0.25) is 0 Å². The summed E-state index contributed by atoms with van der Waals surface area (Å²) in [4.78, 5) is 38.8. The Morgan fingerprint density at radius 3 is 2.31 bits per heavy atom. The monoisotopic (exact) mass is 504 g/mol. The maximum atomic E-state index is 13.0. The molecule has 0 atom stereocenters. The second-order valence-corrected chi connectivity index (χ2v) is 9.57. The van der Waals surface area contributed by atoms with Gasteiger partial charge in [-0.25, -0.2) is 4.39 Å². The summed E-state index contributed by atoms with van der Waals surface area (Å²) in [5.41, 5.74) is 3.31. The van der Waals surface area contributed by atoms with Crippen molar-refractivity contribution in [3.05, 3.63) is 100 Å². The molecule has 184 valence electrons. The zero-order chi connectivity index (χ0) is 25.7. The van der Waals surface area contributed by atoms with Gasteiger partial charge in [-0.05, 0) is 76.8 Å². The van der Waals surface area contributed by atoms with Crippen LogP contribution < -0.4 is 10.1 Å². The third kappa shape index (κ3) is 6.40. The van der Waals surface area contributed by atoms with Crippen molar-refractivity contribution in [1.29, 1.82) is 0 Å².